The van der Waals surface area contributed by atoms with Crippen molar-refractivity contribution in [2.75, 3.05) is 4.90 Å². The molecule has 0 unspecified atom stereocenters. The van der Waals surface area contributed by atoms with Crippen molar-refractivity contribution in [2.24, 2.45) is 0 Å². The number of benzene rings is 8. The highest BCUT2D eigenvalue weighted by Gasteiger charge is 2.19. The van der Waals surface area contributed by atoms with E-state index in [-0.39, 0.29) is 0 Å². The predicted octanol–water partition coefficient (Wildman–Crippen LogP) is 14.6. The number of rotatable bonds is 8. The van der Waals surface area contributed by atoms with Crippen LogP contribution in [-0.2, 0) is 0 Å². The summed E-state index contributed by atoms with van der Waals surface area (Å²) in [5.74, 6) is 0. The van der Waals surface area contributed by atoms with Gasteiger partial charge in [0.1, 0.15) is 0 Å². The van der Waals surface area contributed by atoms with Crippen LogP contribution in [0, 0.1) is 0 Å². The number of anilines is 3. The molecule has 4 heteroatoms. The highest BCUT2D eigenvalue weighted by Crippen LogP contribution is 2.40. The quantitative estimate of drug-likeness (QED) is 0.152. The van der Waals surface area contributed by atoms with Crippen LogP contribution in [0.4, 0.5) is 17.1 Å². The van der Waals surface area contributed by atoms with E-state index in [4.69, 9.17) is 0 Å². The van der Waals surface area contributed by atoms with Crippen molar-refractivity contribution in [3.8, 4) is 17.1 Å². The highest BCUT2D eigenvalue weighted by molar-refractivity contribution is 6.10. The smallest absolute Gasteiger partial charge is 0.0541 e. The van der Waals surface area contributed by atoms with Crippen molar-refractivity contribution in [3.05, 3.63) is 219 Å². The third kappa shape index (κ3) is 5.09. The van der Waals surface area contributed by atoms with Gasteiger partial charge in [-0.25, -0.2) is 0 Å². The molecule has 11 aromatic rings. The van der Waals surface area contributed by atoms with Gasteiger partial charge in [0, 0.05) is 66.6 Å². The summed E-state index contributed by atoms with van der Waals surface area (Å²) in [6.07, 6.45) is 3.85. The van der Waals surface area contributed by atoms with Gasteiger partial charge >= 0.3 is 0 Å². The summed E-state index contributed by atoms with van der Waals surface area (Å²) in [5, 5.41) is 6.17. The lowest BCUT2D eigenvalue weighted by molar-refractivity contribution is 1.10. The van der Waals surface area contributed by atoms with Gasteiger partial charge < -0.3 is 18.6 Å². The van der Waals surface area contributed by atoms with Crippen LogP contribution in [0.1, 0.15) is 11.3 Å². The fraction of sp³-hybridized carbons (Fsp3) is 0. The van der Waals surface area contributed by atoms with Crippen LogP contribution in [0.5, 0.6) is 0 Å². The van der Waals surface area contributed by atoms with Gasteiger partial charge in [-0.1, -0.05) is 110 Å². The van der Waals surface area contributed by atoms with Crippen LogP contribution >= 0.6 is 0 Å². The van der Waals surface area contributed by atoms with E-state index >= 15 is 0 Å². The Labute approximate surface area is 336 Å². The lowest BCUT2D eigenvalue weighted by atomic mass is 10.1. The molecule has 0 bridgehead atoms. The normalized spacial score (nSPS) is 11.6. The van der Waals surface area contributed by atoms with Gasteiger partial charge in [0.25, 0.3) is 0 Å². The van der Waals surface area contributed by atoms with Crippen molar-refractivity contribution in [1.82, 2.24) is 13.7 Å². The zero-order chi connectivity index (χ0) is 38.7. The summed E-state index contributed by atoms with van der Waals surface area (Å²) in [5.41, 5.74) is 14.5. The van der Waals surface area contributed by atoms with Crippen molar-refractivity contribution < 1.29 is 0 Å². The standard InChI is InChI=1S/C54H38N4/c1-3-43-44-15-5-10-20-50(44)56(49(43)4-2)40-31-25-37(26-32-40)55(38-27-33-41(34-28-38)57-51-21-11-6-16-45(51)46-17-7-12-22-52(46)57)39-29-35-42(36-30-39)58-53-23-13-8-18-47(53)48-19-9-14-24-54(48)58/h3-36H,1-2H2. The summed E-state index contributed by atoms with van der Waals surface area (Å²) >= 11 is 0. The maximum Gasteiger partial charge on any atom is 0.0541 e. The molecule has 274 valence electrons. The first-order chi connectivity index (χ1) is 28.7. The zero-order valence-electron chi connectivity index (χ0n) is 31.8. The Bertz CT molecular complexity index is 3090. The van der Waals surface area contributed by atoms with Gasteiger partial charge in [0.15, 0.2) is 0 Å². The van der Waals surface area contributed by atoms with Gasteiger partial charge in [0.05, 0.1) is 33.3 Å². The first-order valence-electron chi connectivity index (χ1n) is 19.7. The second kappa shape index (κ2) is 13.4. The largest absolute Gasteiger partial charge is 0.310 e. The van der Waals surface area contributed by atoms with Crippen LogP contribution < -0.4 is 4.90 Å². The molecule has 0 spiro atoms. The minimum atomic E-state index is 1.03. The number of para-hydroxylation sites is 5. The van der Waals surface area contributed by atoms with Gasteiger partial charge in [-0.2, -0.15) is 0 Å². The van der Waals surface area contributed by atoms with Gasteiger partial charge in [-0.3, -0.25) is 0 Å². The van der Waals surface area contributed by atoms with Crippen molar-refractivity contribution in [3.63, 3.8) is 0 Å². The Morgan fingerprint density at radius 2 is 0.603 bits per heavy atom. The monoisotopic (exact) mass is 742 g/mol. The molecule has 11 rings (SSSR count). The van der Waals surface area contributed by atoms with Crippen LogP contribution in [-0.4, -0.2) is 13.7 Å². The molecule has 0 N–H and O–H groups in total. The molecule has 0 aliphatic heterocycles. The molecule has 0 radical (unpaired) electrons. The van der Waals surface area contributed by atoms with Crippen LogP contribution in [0.25, 0.3) is 83.7 Å². The molecule has 4 nitrogen and oxygen atoms in total. The first-order valence-corrected chi connectivity index (χ1v) is 19.7. The molecule has 0 aliphatic carbocycles. The molecule has 0 saturated heterocycles. The maximum atomic E-state index is 4.18. The minimum absolute atomic E-state index is 1.03. The third-order valence-corrected chi connectivity index (χ3v) is 11.6. The zero-order valence-corrected chi connectivity index (χ0v) is 31.8. The first kappa shape index (κ1) is 33.5. The van der Waals surface area contributed by atoms with E-state index in [1.165, 1.54) is 43.6 Å². The van der Waals surface area contributed by atoms with E-state index in [1.807, 2.05) is 12.2 Å². The van der Waals surface area contributed by atoms with Gasteiger partial charge in [-0.15, -0.1) is 0 Å². The van der Waals surface area contributed by atoms with Crippen molar-refractivity contribution in [2.45, 2.75) is 0 Å². The molecule has 58 heavy (non-hydrogen) atoms. The third-order valence-electron chi connectivity index (χ3n) is 11.6. The molecule has 0 aliphatic rings. The number of fused-ring (bicyclic) bond motifs is 7. The van der Waals surface area contributed by atoms with Crippen LogP contribution in [0.15, 0.2) is 207 Å². The van der Waals surface area contributed by atoms with Crippen molar-refractivity contribution >= 4 is 83.7 Å². The number of hydrogen-bond acceptors (Lipinski definition) is 1. The molecule has 3 aromatic heterocycles. The lowest BCUT2D eigenvalue weighted by Crippen LogP contribution is -2.10. The molecule has 0 atom stereocenters. The summed E-state index contributed by atoms with van der Waals surface area (Å²) in [4.78, 5) is 2.34. The summed E-state index contributed by atoms with van der Waals surface area (Å²) in [6.45, 7) is 8.32. The van der Waals surface area contributed by atoms with E-state index < -0.39 is 0 Å². The second-order valence-corrected chi connectivity index (χ2v) is 14.7. The van der Waals surface area contributed by atoms with E-state index in [0.29, 0.717) is 0 Å². The topological polar surface area (TPSA) is 18.0 Å². The molecule has 0 amide bonds. The molecule has 8 aromatic carbocycles. The average Bonchev–Trinajstić information content (AvgIpc) is 3.93. The van der Waals surface area contributed by atoms with Crippen LogP contribution in [0.2, 0.25) is 0 Å². The molecule has 0 fully saturated rings. The van der Waals surface area contributed by atoms with E-state index in [2.05, 4.69) is 226 Å². The van der Waals surface area contributed by atoms with Crippen LogP contribution in [0.3, 0.4) is 0 Å². The molecular weight excluding hydrogens is 705 g/mol. The molecular formula is C54H38N4. The Hall–Kier alpha value is -7.82. The number of hydrogen-bond donors (Lipinski definition) is 0. The maximum absolute atomic E-state index is 4.18. The number of aromatic nitrogens is 3. The fourth-order valence-corrected chi connectivity index (χ4v) is 9.08. The fourth-order valence-electron chi connectivity index (χ4n) is 9.08. The van der Waals surface area contributed by atoms with Gasteiger partial charge in [-0.05, 0) is 109 Å². The van der Waals surface area contributed by atoms with E-state index in [1.54, 1.807) is 0 Å². The summed E-state index contributed by atoms with van der Waals surface area (Å²) in [6, 6.07) is 69.8. The highest BCUT2D eigenvalue weighted by atomic mass is 15.1. The summed E-state index contributed by atoms with van der Waals surface area (Å²) < 4.78 is 7.00. The van der Waals surface area contributed by atoms with Gasteiger partial charge in [0.2, 0.25) is 0 Å². The SMILES string of the molecule is C=Cc1c(C=C)n(-c2ccc(N(c3ccc(-n4c5ccccc5c5ccccc54)cc3)c3ccc(-n4c5ccccc5c5ccccc54)cc3)cc2)c2ccccc12. The Morgan fingerprint density at radius 3 is 0.931 bits per heavy atom. The predicted molar refractivity (Wildman–Crippen MR) is 247 cm³/mol. The molecule has 0 saturated carbocycles. The number of nitrogens with zero attached hydrogens (tertiary/aromatic N) is 4. The Kier molecular flexibility index (Phi) is 7.76. The average molecular weight is 743 g/mol. The second-order valence-electron chi connectivity index (χ2n) is 14.7. The molecule has 3 heterocycles. The Morgan fingerprint density at radius 1 is 0.310 bits per heavy atom. The van der Waals surface area contributed by atoms with E-state index in [0.717, 1.165) is 56.3 Å². The summed E-state index contributed by atoms with van der Waals surface area (Å²) in [7, 11) is 0. The Balaban J connectivity index is 1.05. The lowest BCUT2D eigenvalue weighted by Gasteiger charge is -2.26. The van der Waals surface area contributed by atoms with Crippen molar-refractivity contribution in [1.29, 1.82) is 0 Å². The van der Waals surface area contributed by atoms with E-state index in [9.17, 15) is 0 Å². The minimum Gasteiger partial charge on any atom is -0.310 e.